The van der Waals surface area contributed by atoms with Gasteiger partial charge in [-0.15, -0.1) is 0 Å². The number of hydrogen-bond donors (Lipinski definition) is 0. The molecular formula is C14H15ClFN5O. The van der Waals surface area contributed by atoms with E-state index in [-0.39, 0.29) is 16.4 Å². The van der Waals surface area contributed by atoms with E-state index in [1.54, 1.807) is 25.5 Å². The smallest absolute Gasteiger partial charge is 0.287 e. The molecule has 1 aliphatic heterocycles. The fourth-order valence-corrected chi connectivity index (χ4v) is 2.78. The molecule has 0 aliphatic carbocycles. The van der Waals surface area contributed by atoms with Crippen LogP contribution in [0.4, 0.5) is 15.9 Å². The molecular weight excluding hydrogens is 309 g/mol. The van der Waals surface area contributed by atoms with Gasteiger partial charge in [-0.25, -0.2) is 14.1 Å². The lowest BCUT2D eigenvalue weighted by Gasteiger charge is -2.36. The minimum Gasteiger partial charge on any atom is -0.365 e. The van der Waals surface area contributed by atoms with Crippen LogP contribution in [-0.2, 0) is 7.05 Å². The van der Waals surface area contributed by atoms with Gasteiger partial charge in [0.1, 0.15) is 5.02 Å². The lowest BCUT2D eigenvalue weighted by Crippen LogP contribution is -2.47. The lowest BCUT2D eigenvalue weighted by atomic mass is 10.2. The van der Waals surface area contributed by atoms with Gasteiger partial charge in [0.2, 0.25) is 0 Å². The Kier molecular flexibility index (Phi) is 3.98. The van der Waals surface area contributed by atoms with E-state index < -0.39 is 0 Å². The summed E-state index contributed by atoms with van der Waals surface area (Å²) >= 11 is 6.11. The molecule has 0 N–H and O–H groups in total. The van der Waals surface area contributed by atoms with Crippen LogP contribution in [0.2, 0.25) is 5.02 Å². The van der Waals surface area contributed by atoms with Crippen molar-refractivity contribution in [3.8, 4) is 0 Å². The Morgan fingerprint density at radius 2 is 1.91 bits per heavy atom. The number of hydrogen-bond acceptors (Lipinski definition) is 5. The summed E-state index contributed by atoms with van der Waals surface area (Å²) in [6, 6.07) is 2.97. The molecule has 0 saturated carbocycles. The van der Waals surface area contributed by atoms with Crippen molar-refractivity contribution in [1.29, 1.82) is 0 Å². The first kappa shape index (κ1) is 14.8. The van der Waals surface area contributed by atoms with Gasteiger partial charge in [-0.2, -0.15) is 5.10 Å². The number of aromatic nitrogens is 3. The summed E-state index contributed by atoms with van der Waals surface area (Å²) in [5.74, 6) is 0.0274. The molecule has 0 radical (unpaired) electrons. The highest BCUT2D eigenvalue weighted by Crippen LogP contribution is 2.24. The second kappa shape index (κ2) is 5.92. The SMILES string of the molecule is Cn1ncc(N2CCN(c3ncccc3F)CC2)c(Cl)c1=O. The summed E-state index contributed by atoms with van der Waals surface area (Å²) < 4.78 is 15.0. The van der Waals surface area contributed by atoms with Crippen molar-refractivity contribution in [2.45, 2.75) is 0 Å². The molecule has 8 heteroatoms. The number of rotatable bonds is 2. The number of nitrogens with zero attached hydrogens (tertiary/aromatic N) is 5. The maximum Gasteiger partial charge on any atom is 0.287 e. The van der Waals surface area contributed by atoms with E-state index >= 15 is 0 Å². The van der Waals surface area contributed by atoms with Crippen molar-refractivity contribution in [2.24, 2.45) is 7.05 Å². The van der Waals surface area contributed by atoms with E-state index in [0.717, 1.165) is 0 Å². The van der Waals surface area contributed by atoms with Gasteiger partial charge in [0.15, 0.2) is 11.6 Å². The van der Waals surface area contributed by atoms with Gasteiger partial charge < -0.3 is 9.80 Å². The minimum atomic E-state index is -0.329. The molecule has 22 heavy (non-hydrogen) atoms. The molecule has 0 atom stereocenters. The topological polar surface area (TPSA) is 54.3 Å². The molecule has 116 valence electrons. The molecule has 1 fully saturated rings. The predicted molar refractivity (Wildman–Crippen MR) is 83.1 cm³/mol. The maximum absolute atomic E-state index is 13.8. The van der Waals surface area contributed by atoms with Crippen molar-refractivity contribution in [3.63, 3.8) is 0 Å². The number of aryl methyl sites for hydroxylation is 1. The summed E-state index contributed by atoms with van der Waals surface area (Å²) in [5.41, 5.74) is 0.295. The number of anilines is 2. The summed E-state index contributed by atoms with van der Waals surface area (Å²) in [4.78, 5) is 19.8. The van der Waals surface area contributed by atoms with Crippen LogP contribution in [-0.4, -0.2) is 40.9 Å². The number of piperazine rings is 1. The molecule has 3 rings (SSSR count). The van der Waals surface area contributed by atoms with Gasteiger partial charge in [-0.05, 0) is 12.1 Å². The highest BCUT2D eigenvalue weighted by atomic mass is 35.5. The quantitative estimate of drug-likeness (QED) is 0.833. The summed E-state index contributed by atoms with van der Waals surface area (Å²) in [6.45, 7) is 2.42. The molecule has 2 aromatic rings. The second-order valence-electron chi connectivity index (χ2n) is 5.06. The van der Waals surface area contributed by atoms with Crippen molar-refractivity contribution < 1.29 is 4.39 Å². The molecule has 6 nitrogen and oxygen atoms in total. The summed E-state index contributed by atoms with van der Waals surface area (Å²) in [5, 5.41) is 4.16. The largest absolute Gasteiger partial charge is 0.365 e. The van der Waals surface area contributed by atoms with E-state index in [9.17, 15) is 9.18 Å². The highest BCUT2D eigenvalue weighted by molar-refractivity contribution is 6.33. The lowest BCUT2D eigenvalue weighted by molar-refractivity contribution is 0.587. The number of pyridine rings is 1. The third-order valence-electron chi connectivity index (χ3n) is 3.72. The Hall–Kier alpha value is -2.15. The Balaban J connectivity index is 1.76. The van der Waals surface area contributed by atoms with E-state index in [1.807, 2.05) is 9.80 Å². The monoisotopic (exact) mass is 323 g/mol. The minimum absolute atomic E-state index is 0.162. The molecule has 3 heterocycles. The third-order valence-corrected chi connectivity index (χ3v) is 4.07. The van der Waals surface area contributed by atoms with Gasteiger partial charge >= 0.3 is 0 Å². The van der Waals surface area contributed by atoms with Crippen LogP contribution in [0.15, 0.2) is 29.3 Å². The van der Waals surface area contributed by atoms with Crippen LogP contribution >= 0.6 is 11.6 Å². The number of halogens is 2. The van der Waals surface area contributed by atoms with Crippen molar-refractivity contribution in [1.82, 2.24) is 14.8 Å². The molecule has 0 amide bonds. The zero-order valence-electron chi connectivity index (χ0n) is 12.0. The van der Waals surface area contributed by atoms with Crippen molar-refractivity contribution in [2.75, 3.05) is 36.0 Å². The summed E-state index contributed by atoms with van der Waals surface area (Å²) in [7, 11) is 1.56. The summed E-state index contributed by atoms with van der Waals surface area (Å²) in [6.07, 6.45) is 3.16. The van der Waals surface area contributed by atoms with Gasteiger partial charge in [0.05, 0.1) is 11.9 Å². The Morgan fingerprint density at radius 1 is 1.23 bits per heavy atom. The Labute approximate surface area is 131 Å². The van der Waals surface area contributed by atoms with Crippen LogP contribution < -0.4 is 15.4 Å². The second-order valence-corrected chi connectivity index (χ2v) is 5.43. The Bertz CT molecular complexity index is 742. The predicted octanol–water partition coefficient (Wildman–Crippen LogP) is 1.29. The van der Waals surface area contributed by atoms with Gasteiger partial charge in [0.25, 0.3) is 5.56 Å². The van der Waals surface area contributed by atoms with Crippen molar-refractivity contribution >= 4 is 23.1 Å². The van der Waals surface area contributed by atoms with Crippen molar-refractivity contribution in [3.05, 3.63) is 45.7 Å². The molecule has 1 aliphatic rings. The van der Waals surface area contributed by atoms with Crippen LogP contribution in [0.3, 0.4) is 0 Å². The molecule has 0 spiro atoms. The van der Waals surface area contributed by atoms with E-state index in [0.29, 0.717) is 37.7 Å². The van der Waals surface area contributed by atoms with E-state index in [2.05, 4.69) is 10.1 Å². The standard InChI is InChI=1S/C14H15ClFN5O/c1-19-14(22)12(15)11(9-18-19)20-5-7-21(8-6-20)13-10(16)3-2-4-17-13/h2-4,9H,5-8H2,1H3. The fourth-order valence-electron chi connectivity index (χ4n) is 2.49. The van der Waals surface area contributed by atoms with Crippen LogP contribution in [0.25, 0.3) is 0 Å². The van der Waals surface area contributed by atoms with E-state index in [4.69, 9.17) is 11.6 Å². The molecule has 0 aromatic carbocycles. The maximum atomic E-state index is 13.8. The molecule has 0 bridgehead atoms. The van der Waals surface area contributed by atoms with Gasteiger partial charge in [-0.1, -0.05) is 11.6 Å². The average Bonchev–Trinajstić information content (AvgIpc) is 2.54. The zero-order chi connectivity index (χ0) is 15.7. The first-order valence-corrected chi connectivity index (χ1v) is 7.28. The molecule has 2 aromatic heterocycles. The van der Waals surface area contributed by atoms with Crippen LogP contribution in [0, 0.1) is 5.82 Å². The normalized spacial score (nSPS) is 15.2. The molecule has 0 unspecified atom stereocenters. The van der Waals surface area contributed by atoms with Crippen LogP contribution in [0.5, 0.6) is 0 Å². The van der Waals surface area contributed by atoms with Gasteiger partial charge in [-0.3, -0.25) is 4.79 Å². The fraction of sp³-hybridized carbons (Fsp3) is 0.357. The first-order chi connectivity index (χ1) is 10.6. The first-order valence-electron chi connectivity index (χ1n) is 6.90. The van der Waals surface area contributed by atoms with E-state index in [1.165, 1.54) is 10.7 Å². The van der Waals surface area contributed by atoms with Gasteiger partial charge in [0, 0.05) is 39.4 Å². The Morgan fingerprint density at radius 3 is 2.59 bits per heavy atom. The molecule has 1 saturated heterocycles. The highest BCUT2D eigenvalue weighted by Gasteiger charge is 2.23. The third kappa shape index (κ3) is 2.64. The zero-order valence-corrected chi connectivity index (χ0v) is 12.8. The average molecular weight is 324 g/mol. The van der Waals surface area contributed by atoms with Crippen LogP contribution in [0.1, 0.15) is 0 Å².